The molecule has 0 atom stereocenters. The topological polar surface area (TPSA) is 0 Å². The fourth-order valence-electron chi connectivity index (χ4n) is 1.20. The zero-order valence-corrected chi connectivity index (χ0v) is 10.2. The first-order valence-corrected chi connectivity index (χ1v) is 5.02. The quantitative estimate of drug-likeness (QED) is 0.356. The Labute approximate surface area is 100 Å². The summed E-state index contributed by atoms with van der Waals surface area (Å²) >= 11 is 0. The van der Waals surface area contributed by atoms with Gasteiger partial charge in [-0.2, -0.15) is 6.08 Å². The van der Waals surface area contributed by atoms with Crippen LogP contribution in [0.2, 0.25) is 0 Å². The van der Waals surface area contributed by atoms with Crippen molar-refractivity contribution in [2.24, 2.45) is 0 Å². The van der Waals surface area contributed by atoms with Gasteiger partial charge in [0.15, 0.2) is 0 Å². The second-order valence-corrected chi connectivity index (χ2v) is 3.10. The molecular formula is C13H17Ru. The molecule has 0 saturated heterocycles. The molecular weight excluding hydrogens is 257 g/mol. The first kappa shape index (κ1) is 13.6. The van der Waals surface area contributed by atoms with Crippen molar-refractivity contribution >= 4 is 0 Å². The molecule has 0 bridgehead atoms. The second kappa shape index (κ2) is 10.7. The largest absolute Gasteiger partial charge is 1.00 e. The minimum Gasteiger partial charge on any atom is -0.273 e. The van der Waals surface area contributed by atoms with E-state index >= 15 is 0 Å². The molecule has 0 unspecified atom stereocenters. The summed E-state index contributed by atoms with van der Waals surface area (Å²) in [7, 11) is 0. The van der Waals surface area contributed by atoms with E-state index in [2.05, 4.69) is 36.5 Å². The predicted molar refractivity (Wildman–Crippen MR) is 58.3 cm³/mol. The Morgan fingerprint density at radius 2 is 1.21 bits per heavy atom. The molecule has 0 fully saturated rings. The van der Waals surface area contributed by atoms with Gasteiger partial charge >= 0.3 is 19.5 Å². The van der Waals surface area contributed by atoms with Gasteiger partial charge in [-0.1, -0.05) is 24.3 Å². The third kappa shape index (κ3) is 8.19. The van der Waals surface area contributed by atoms with Crippen LogP contribution in [0.25, 0.3) is 0 Å². The molecule has 14 heavy (non-hydrogen) atoms. The summed E-state index contributed by atoms with van der Waals surface area (Å²) in [6, 6.07) is 0. The molecule has 0 aromatic rings. The molecule has 1 heteroatoms. The van der Waals surface area contributed by atoms with E-state index in [-0.39, 0.29) is 19.5 Å². The third-order valence-electron chi connectivity index (χ3n) is 1.92. The summed E-state index contributed by atoms with van der Waals surface area (Å²) in [5.41, 5.74) is 0. The van der Waals surface area contributed by atoms with Gasteiger partial charge in [-0.3, -0.25) is 6.08 Å². The van der Waals surface area contributed by atoms with Crippen molar-refractivity contribution in [3.63, 3.8) is 0 Å². The second-order valence-electron chi connectivity index (χ2n) is 3.10. The van der Waals surface area contributed by atoms with E-state index in [0.717, 1.165) is 6.42 Å². The SMILES string of the molecule is C1=CCCC=CCC1.[C-]1=CC=CC1.[Ru+]. The Morgan fingerprint density at radius 3 is 1.43 bits per heavy atom. The van der Waals surface area contributed by atoms with E-state index in [1.165, 1.54) is 25.7 Å². The van der Waals surface area contributed by atoms with Crippen molar-refractivity contribution in [2.45, 2.75) is 32.1 Å². The molecule has 0 heterocycles. The number of rotatable bonds is 0. The van der Waals surface area contributed by atoms with Crippen LogP contribution in [-0.2, 0) is 19.5 Å². The number of hydrogen-bond acceptors (Lipinski definition) is 0. The summed E-state index contributed by atoms with van der Waals surface area (Å²) in [4.78, 5) is 0. The predicted octanol–water partition coefficient (Wildman–Crippen LogP) is 3.98. The van der Waals surface area contributed by atoms with Gasteiger partial charge in [0.25, 0.3) is 0 Å². The molecule has 0 aliphatic heterocycles. The van der Waals surface area contributed by atoms with Crippen LogP contribution in [-0.4, -0.2) is 0 Å². The number of allylic oxidation sites excluding steroid dienone is 8. The van der Waals surface area contributed by atoms with E-state index in [1.807, 2.05) is 12.2 Å². The fourth-order valence-corrected chi connectivity index (χ4v) is 1.20. The van der Waals surface area contributed by atoms with E-state index < -0.39 is 0 Å². The maximum Gasteiger partial charge on any atom is 1.00 e. The van der Waals surface area contributed by atoms with Crippen molar-refractivity contribution in [1.29, 1.82) is 0 Å². The smallest absolute Gasteiger partial charge is 0.273 e. The summed E-state index contributed by atoms with van der Waals surface area (Å²) in [6.45, 7) is 0. The van der Waals surface area contributed by atoms with Gasteiger partial charge in [0, 0.05) is 0 Å². The fraction of sp³-hybridized carbons (Fsp3) is 0.385. The van der Waals surface area contributed by atoms with Crippen molar-refractivity contribution in [1.82, 2.24) is 0 Å². The van der Waals surface area contributed by atoms with Crippen LogP contribution < -0.4 is 0 Å². The van der Waals surface area contributed by atoms with Gasteiger partial charge in [-0.25, -0.2) is 12.2 Å². The van der Waals surface area contributed by atoms with Gasteiger partial charge < -0.3 is 0 Å². The Kier molecular flexibility index (Phi) is 10.3. The Morgan fingerprint density at radius 1 is 0.714 bits per heavy atom. The molecule has 0 saturated carbocycles. The van der Waals surface area contributed by atoms with Gasteiger partial charge in [0.1, 0.15) is 0 Å². The van der Waals surface area contributed by atoms with E-state index in [9.17, 15) is 0 Å². The minimum absolute atomic E-state index is 0. The molecule has 77 valence electrons. The molecule has 0 N–H and O–H groups in total. The van der Waals surface area contributed by atoms with Crippen LogP contribution in [0.4, 0.5) is 0 Å². The molecule has 2 aliphatic rings. The zero-order chi connectivity index (χ0) is 9.19. The van der Waals surface area contributed by atoms with Crippen molar-refractivity contribution in [3.05, 3.63) is 48.6 Å². The minimum atomic E-state index is 0. The zero-order valence-electron chi connectivity index (χ0n) is 8.43. The van der Waals surface area contributed by atoms with Crippen molar-refractivity contribution in [2.75, 3.05) is 0 Å². The molecule has 2 aliphatic carbocycles. The molecule has 0 amide bonds. The van der Waals surface area contributed by atoms with E-state index in [4.69, 9.17) is 0 Å². The molecule has 0 nitrogen and oxygen atoms in total. The Balaban J connectivity index is 0.000000246. The standard InChI is InChI=1S/C8H12.C5H5.Ru/c1-2-4-6-8-7-5-3-1;1-2-4-5-3-1;/h1-2,7-8H,3-6H2;1-3H,4H2;/q;-1;+1. The van der Waals surface area contributed by atoms with Crippen molar-refractivity contribution in [3.8, 4) is 0 Å². The van der Waals surface area contributed by atoms with Crippen LogP contribution in [0.15, 0.2) is 42.5 Å². The Bertz CT molecular complexity index is 185. The summed E-state index contributed by atoms with van der Waals surface area (Å²) in [5.74, 6) is 0. The summed E-state index contributed by atoms with van der Waals surface area (Å²) in [6.07, 6.45) is 24.0. The van der Waals surface area contributed by atoms with Gasteiger partial charge in [0.2, 0.25) is 0 Å². The van der Waals surface area contributed by atoms with Gasteiger partial charge in [0.05, 0.1) is 0 Å². The molecule has 1 radical (unpaired) electrons. The normalized spacial score (nSPS) is 17.7. The summed E-state index contributed by atoms with van der Waals surface area (Å²) in [5, 5.41) is 0. The van der Waals surface area contributed by atoms with E-state index in [1.54, 1.807) is 0 Å². The molecule has 0 spiro atoms. The van der Waals surface area contributed by atoms with Crippen LogP contribution >= 0.6 is 0 Å². The average Bonchev–Trinajstić information content (AvgIpc) is 2.58. The monoisotopic (exact) mass is 275 g/mol. The average molecular weight is 274 g/mol. The third-order valence-corrected chi connectivity index (χ3v) is 1.92. The number of hydrogen-bond donors (Lipinski definition) is 0. The Hall–Kier alpha value is -0.417. The van der Waals surface area contributed by atoms with Gasteiger partial charge in [-0.05, 0) is 25.7 Å². The first-order chi connectivity index (χ1) is 6.50. The first-order valence-electron chi connectivity index (χ1n) is 5.02. The molecule has 0 aromatic heterocycles. The van der Waals surface area contributed by atoms with Crippen LogP contribution in [0, 0.1) is 6.08 Å². The van der Waals surface area contributed by atoms with Crippen molar-refractivity contribution < 1.29 is 19.5 Å². The maximum atomic E-state index is 2.99. The maximum absolute atomic E-state index is 2.99. The van der Waals surface area contributed by atoms with Gasteiger partial charge in [-0.15, -0.1) is 6.42 Å². The van der Waals surface area contributed by atoms with Crippen LogP contribution in [0.3, 0.4) is 0 Å². The summed E-state index contributed by atoms with van der Waals surface area (Å²) < 4.78 is 0. The van der Waals surface area contributed by atoms with Crippen LogP contribution in [0.5, 0.6) is 0 Å². The van der Waals surface area contributed by atoms with E-state index in [0.29, 0.717) is 0 Å². The molecule has 2 rings (SSSR count). The molecule has 0 aromatic carbocycles. The van der Waals surface area contributed by atoms with Crippen LogP contribution in [0.1, 0.15) is 32.1 Å².